The van der Waals surface area contributed by atoms with E-state index >= 15 is 0 Å². The van der Waals surface area contributed by atoms with Gasteiger partial charge >= 0.3 is 0 Å². The molecule has 76 valence electrons. The molecule has 1 saturated heterocycles. The third-order valence-corrected chi connectivity index (χ3v) is 3.11. The molecule has 1 heterocycles. The van der Waals surface area contributed by atoms with E-state index < -0.39 is 0 Å². The quantitative estimate of drug-likeness (QED) is 0.631. The molecule has 2 rings (SSSR count). The van der Waals surface area contributed by atoms with Crippen LogP contribution in [0.25, 0.3) is 0 Å². The normalized spacial score (nSPS) is 29.8. The van der Waals surface area contributed by atoms with E-state index in [1.807, 2.05) is 0 Å². The summed E-state index contributed by atoms with van der Waals surface area (Å²) in [6, 6.07) is 0.743. The van der Waals surface area contributed by atoms with E-state index in [1.165, 1.54) is 38.9 Å². The molecule has 0 aromatic carbocycles. The van der Waals surface area contributed by atoms with Crippen LogP contribution in [0.15, 0.2) is 0 Å². The van der Waals surface area contributed by atoms with Crippen LogP contribution in [0, 0.1) is 5.92 Å². The van der Waals surface area contributed by atoms with E-state index in [9.17, 15) is 0 Å². The molecule has 0 aromatic heterocycles. The molecule has 2 aliphatic rings. The van der Waals surface area contributed by atoms with Gasteiger partial charge in [0.25, 0.3) is 0 Å². The number of nitrogens with one attached hydrogen (secondary N) is 1. The molecule has 3 nitrogen and oxygen atoms in total. The molecule has 13 heavy (non-hydrogen) atoms. The van der Waals surface area contributed by atoms with Crippen molar-refractivity contribution < 1.29 is 0 Å². The molecule has 1 saturated carbocycles. The minimum absolute atomic E-state index is 0.743. The van der Waals surface area contributed by atoms with Crippen molar-refractivity contribution in [1.82, 2.24) is 10.2 Å². The molecule has 3 heteroatoms. The molecule has 3 N–H and O–H groups in total. The molecule has 0 spiro atoms. The van der Waals surface area contributed by atoms with Crippen LogP contribution in [0.5, 0.6) is 0 Å². The Hall–Kier alpha value is -0.120. The Bertz CT molecular complexity index is 156. The summed E-state index contributed by atoms with van der Waals surface area (Å²) in [6.07, 6.45) is 4.21. The first-order valence-electron chi connectivity index (χ1n) is 5.54. The monoisotopic (exact) mass is 183 g/mol. The van der Waals surface area contributed by atoms with E-state index in [4.69, 9.17) is 5.73 Å². The van der Waals surface area contributed by atoms with Crippen molar-refractivity contribution in [3.8, 4) is 0 Å². The highest BCUT2D eigenvalue weighted by molar-refractivity contribution is 4.84. The van der Waals surface area contributed by atoms with Gasteiger partial charge in [-0.1, -0.05) is 0 Å². The van der Waals surface area contributed by atoms with E-state index in [2.05, 4.69) is 10.2 Å². The molecule has 1 atom stereocenters. The Morgan fingerprint density at radius 1 is 1.31 bits per heavy atom. The van der Waals surface area contributed by atoms with Gasteiger partial charge in [-0.3, -0.25) is 0 Å². The van der Waals surface area contributed by atoms with E-state index in [1.54, 1.807) is 0 Å². The fourth-order valence-electron chi connectivity index (χ4n) is 2.04. The first kappa shape index (κ1) is 9.44. The molecule has 0 radical (unpaired) electrons. The summed E-state index contributed by atoms with van der Waals surface area (Å²) in [6.45, 7) is 5.57. The molecular formula is C10H21N3. The molecule has 0 aromatic rings. The summed E-state index contributed by atoms with van der Waals surface area (Å²) in [5.74, 6) is 1.00. The zero-order valence-corrected chi connectivity index (χ0v) is 8.34. The summed E-state index contributed by atoms with van der Waals surface area (Å²) in [4.78, 5) is 2.46. The van der Waals surface area contributed by atoms with Gasteiger partial charge in [0.05, 0.1) is 0 Å². The van der Waals surface area contributed by atoms with Crippen LogP contribution in [0.1, 0.15) is 19.3 Å². The topological polar surface area (TPSA) is 41.3 Å². The molecule has 0 bridgehead atoms. The standard InChI is InChI=1S/C10H21N3/c11-4-6-13-5-3-10(8-13)12-7-9-1-2-9/h9-10,12H,1-8,11H2. The Morgan fingerprint density at radius 3 is 2.85 bits per heavy atom. The van der Waals surface area contributed by atoms with Crippen molar-refractivity contribution in [3.05, 3.63) is 0 Å². The highest BCUT2D eigenvalue weighted by Gasteiger charge is 2.25. The van der Waals surface area contributed by atoms with Crippen LogP contribution in [-0.4, -0.2) is 43.7 Å². The second-order valence-corrected chi connectivity index (χ2v) is 4.43. The zero-order chi connectivity index (χ0) is 9.10. The Morgan fingerprint density at radius 2 is 2.15 bits per heavy atom. The third-order valence-electron chi connectivity index (χ3n) is 3.11. The van der Waals surface area contributed by atoms with Crippen LogP contribution in [0.4, 0.5) is 0 Å². The molecule has 2 fully saturated rings. The summed E-state index contributed by atoms with van der Waals surface area (Å²) in [7, 11) is 0. The van der Waals surface area contributed by atoms with Gasteiger partial charge in [-0.25, -0.2) is 0 Å². The van der Waals surface area contributed by atoms with Crippen molar-refractivity contribution in [2.75, 3.05) is 32.7 Å². The van der Waals surface area contributed by atoms with E-state index in [-0.39, 0.29) is 0 Å². The van der Waals surface area contributed by atoms with Crippen LogP contribution in [0.2, 0.25) is 0 Å². The predicted octanol–water partition coefficient (Wildman–Crippen LogP) is 0.0190. The molecular weight excluding hydrogens is 162 g/mol. The number of nitrogens with two attached hydrogens (primary N) is 1. The van der Waals surface area contributed by atoms with Crippen molar-refractivity contribution in [1.29, 1.82) is 0 Å². The Balaban J connectivity index is 1.59. The summed E-state index contributed by atoms with van der Waals surface area (Å²) >= 11 is 0. The van der Waals surface area contributed by atoms with Gasteiger partial charge in [0.15, 0.2) is 0 Å². The Kier molecular flexibility index (Phi) is 3.19. The number of hydrogen-bond acceptors (Lipinski definition) is 3. The Labute approximate surface area is 80.7 Å². The SMILES string of the molecule is NCCN1CCC(NCC2CC2)C1. The molecule has 1 aliphatic carbocycles. The lowest BCUT2D eigenvalue weighted by atomic mass is 10.2. The van der Waals surface area contributed by atoms with Gasteiger partial charge in [-0.05, 0) is 38.3 Å². The van der Waals surface area contributed by atoms with Gasteiger partial charge < -0.3 is 16.0 Å². The van der Waals surface area contributed by atoms with Crippen LogP contribution in [0.3, 0.4) is 0 Å². The molecule has 1 unspecified atom stereocenters. The lowest BCUT2D eigenvalue weighted by molar-refractivity contribution is 0.336. The summed E-state index contributed by atoms with van der Waals surface area (Å²) in [5.41, 5.74) is 5.52. The lowest BCUT2D eigenvalue weighted by Gasteiger charge is -2.15. The largest absolute Gasteiger partial charge is 0.329 e. The fourth-order valence-corrected chi connectivity index (χ4v) is 2.04. The van der Waals surface area contributed by atoms with E-state index in [0.29, 0.717) is 0 Å². The number of likely N-dealkylation sites (tertiary alicyclic amines) is 1. The first-order valence-corrected chi connectivity index (χ1v) is 5.54. The van der Waals surface area contributed by atoms with Crippen LogP contribution in [-0.2, 0) is 0 Å². The predicted molar refractivity (Wildman–Crippen MR) is 54.6 cm³/mol. The average molecular weight is 183 g/mol. The average Bonchev–Trinajstić information content (AvgIpc) is 2.85. The maximum atomic E-state index is 5.52. The van der Waals surface area contributed by atoms with Crippen molar-refractivity contribution in [2.24, 2.45) is 11.7 Å². The highest BCUT2D eigenvalue weighted by Crippen LogP contribution is 2.28. The second-order valence-electron chi connectivity index (χ2n) is 4.43. The number of hydrogen-bond donors (Lipinski definition) is 2. The maximum absolute atomic E-state index is 5.52. The van der Waals surface area contributed by atoms with Crippen LogP contribution < -0.4 is 11.1 Å². The highest BCUT2D eigenvalue weighted by atomic mass is 15.2. The van der Waals surface area contributed by atoms with Crippen molar-refractivity contribution >= 4 is 0 Å². The second kappa shape index (κ2) is 4.40. The van der Waals surface area contributed by atoms with Gasteiger partial charge in [0, 0.05) is 25.7 Å². The summed E-state index contributed by atoms with van der Waals surface area (Å²) in [5, 5.41) is 3.65. The number of rotatable bonds is 5. The fraction of sp³-hybridized carbons (Fsp3) is 1.00. The minimum atomic E-state index is 0.743. The summed E-state index contributed by atoms with van der Waals surface area (Å²) < 4.78 is 0. The first-order chi connectivity index (χ1) is 6.38. The van der Waals surface area contributed by atoms with Crippen molar-refractivity contribution in [2.45, 2.75) is 25.3 Å². The number of nitrogens with zero attached hydrogens (tertiary/aromatic N) is 1. The molecule has 1 aliphatic heterocycles. The lowest BCUT2D eigenvalue weighted by Crippen LogP contribution is -2.35. The van der Waals surface area contributed by atoms with Crippen LogP contribution >= 0.6 is 0 Å². The maximum Gasteiger partial charge on any atom is 0.0207 e. The van der Waals surface area contributed by atoms with E-state index in [0.717, 1.165) is 25.0 Å². The third kappa shape index (κ3) is 2.93. The zero-order valence-electron chi connectivity index (χ0n) is 8.34. The van der Waals surface area contributed by atoms with Gasteiger partial charge in [0.1, 0.15) is 0 Å². The van der Waals surface area contributed by atoms with Gasteiger partial charge in [0.2, 0.25) is 0 Å². The van der Waals surface area contributed by atoms with Gasteiger partial charge in [-0.2, -0.15) is 0 Å². The minimum Gasteiger partial charge on any atom is -0.329 e. The van der Waals surface area contributed by atoms with Gasteiger partial charge in [-0.15, -0.1) is 0 Å². The van der Waals surface area contributed by atoms with Crippen molar-refractivity contribution in [3.63, 3.8) is 0 Å². The smallest absolute Gasteiger partial charge is 0.0207 e. The molecule has 0 amide bonds.